The number of carbonyl (C=O) groups excluding carboxylic acids is 1. The van der Waals surface area contributed by atoms with Gasteiger partial charge in [-0.1, -0.05) is 13.3 Å². The van der Waals surface area contributed by atoms with E-state index >= 15 is 0 Å². The zero-order chi connectivity index (χ0) is 15.1. The highest BCUT2D eigenvalue weighted by atomic mass is 16.4. The number of urea groups is 1. The molecular weight excluding hydrogens is 246 g/mol. The average Bonchev–Trinajstić information content (AvgIpc) is 2.26. The molecule has 0 saturated heterocycles. The van der Waals surface area contributed by atoms with Crippen LogP contribution in [-0.4, -0.2) is 54.2 Å². The standard InChI is InChI=1S/C13H27N3O3/c1-6-8-13(3,11(17)18)15-12(19)14-10(2)7-9-16(4)5/h10H,6-9H2,1-5H3,(H,17,18)(H2,14,15,19). The summed E-state index contributed by atoms with van der Waals surface area (Å²) in [5.74, 6) is -1.01. The number of aliphatic carboxylic acids is 1. The summed E-state index contributed by atoms with van der Waals surface area (Å²) in [4.78, 5) is 25.0. The van der Waals surface area contributed by atoms with E-state index in [1.54, 1.807) is 0 Å². The van der Waals surface area contributed by atoms with Gasteiger partial charge in [-0.2, -0.15) is 0 Å². The van der Waals surface area contributed by atoms with Crippen LogP contribution in [0, 0.1) is 0 Å². The van der Waals surface area contributed by atoms with E-state index in [2.05, 4.69) is 10.6 Å². The molecule has 0 aromatic heterocycles. The lowest BCUT2D eigenvalue weighted by Crippen LogP contribution is -2.56. The minimum absolute atomic E-state index is 0.00192. The fourth-order valence-corrected chi connectivity index (χ4v) is 1.76. The maximum absolute atomic E-state index is 11.8. The van der Waals surface area contributed by atoms with Crippen LogP contribution in [-0.2, 0) is 4.79 Å². The molecule has 0 heterocycles. The molecule has 0 aromatic rings. The molecule has 0 rings (SSSR count). The van der Waals surface area contributed by atoms with Crippen molar-refractivity contribution in [2.24, 2.45) is 0 Å². The van der Waals surface area contributed by atoms with Gasteiger partial charge in [-0.15, -0.1) is 0 Å². The number of carboxylic acid groups (broad SMARTS) is 1. The molecule has 0 aliphatic heterocycles. The van der Waals surface area contributed by atoms with Gasteiger partial charge >= 0.3 is 12.0 Å². The van der Waals surface area contributed by atoms with Gasteiger partial charge in [-0.25, -0.2) is 9.59 Å². The molecule has 19 heavy (non-hydrogen) atoms. The van der Waals surface area contributed by atoms with Crippen LogP contribution in [0.4, 0.5) is 4.79 Å². The van der Waals surface area contributed by atoms with Crippen molar-refractivity contribution in [3.05, 3.63) is 0 Å². The van der Waals surface area contributed by atoms with Gasteiger partial charge in [0, 0.05) is 6.04 Å². The van der Waals surface area contributed by atoms with Crippen LogP contribution in [0.5, 0.6) is 0 Å². The molecule has 6 nitrogen and oxygen atoms in total. The molecule has 0 fully saturated rings. The van der Waals surface area contributed by atoms with Gasteiger partial charge in [-0.3, -0.25) is 0 Å². The third-order valence-corrected chi connectivity index (χ3v) is 3.00. The predicted molar refractivity (Wildman–Crippen MR) is 75.2 cm³/mol. The first-order chi connectivity index (χ1) is 8.71. The molecule has 2 unspecified atom stereocenters. The van der Waals surface area contributed by atoms with Crippen molar-refractivity contribution in [2.75, 3.05) is 20.6 Å². The summed E-state index contributed by atoms with van der Waals surface area (Å²) < 4.78 is 0. The van der Waals surface area contributed by atoms with Crippen LogP contribution in [0.1, 0.15) is 40.0 Å². The third kappa shape index (κ3) is 7.00. The molecule has 0 radical (unpaired) electrons. The summed E-state index contributed by atoms with van der Waals surface area (Å²) in [6.45, 7) is 6.19. The molecule has 2 amide bonds. The normalized spacial score (nSPS) is 15.7. The molecule has 0 aliphatic rings. The van der Waals surface area contributed by atoms with E-state index in [1.165, 1.54) is 6.92 Å². The van der Waals surface area contributed by atoms with Crippen molar-refractivity contribution in [3.8, 4) is 0 Å². The van der Waals surface area contributed by atoms with E-state index < -0.39 is 17.5 Å². The Kier molecular flexibility index (Phi) is 7.44. The maximum atomic E-state index is 11.8. The summed E-state index contributed by atoms with van der Waals surface area (Å²) in [6, 6.07) is -0.424. The Morgan fingerprint density at radius 1 is 1.37 bits per heavy atom. The Labute approximate surface area is 115 Å². The summed E-state index contributed by atoms with van der Waals surface area (Å²) in [5, 5.41) is 14.5. The molecule has 2 atom stereocenters. The van der Waals surface area contributed by atoms with E-state index in [0.717, 1.165) is 13.0 Å². The van der Waals surface area contributed by atoms with Crippen LogP contribution in [0.15, 0.2) is 0 Å². The minimum atomic E-state index is -1.21. The Morgan fingerprint density at radius 3 is 2.37 bits per heavy atom. The summed E-state index contributed by atoms with van der Waals surface area (Å²) in [7, 11) is 3.94. The van der Waals surface area contributed by atoms with E-state index in [9.17, 15) is 14.7 Å². The minimum Gasteiger partial charge on any atom is -0.480 e. The first-order valence-corrected chi connectivity index (χ1v) is 6.68. The quantitative estimate of drug-likeness (QED) is 0.622. The fraction of sp³-hybridized carbons (Fsp3) is 0.846. The van der Waals surface area contributed by atoms with Crippen LogP contribution >= 0.6 is 0 Å². The van der Waals surface area contributed by atoms with Crippen molar-refractivity contribution in [3.63, 3.8) is 0 Å². The second kappa shape index (κ2) is 7.99. The lowest BCUT2D eigenvalue weighted by molar-refractivity contribution is -0.144. The van der Waals surface area contributed by atoms with Gasteiger partial charge in [0.15, 0.2) is 0 Å². The molecule has 0 bridgehead atoms. The van der Waals surface area contributed by atoms with Crippen molar-refractivity contribution in [1.29, 1.82) is 0 Å². The summed E-state index contributed by atoms with van der Waals surface area (Å²) >= 11 is 0. The topological polar surface area (TPSA) is 81.7 Å². The number of hydrogen-bond donors (Lipinski definition) is 3. The van der Waals surface area contributed by atoms with Crippen molar-refractivity contribution >= 4 is 12.0 Å². The van der Waals surface area contributed by atoms with Gasteiger partial charge in [0.05, 0.1) is 0 Å². The van der Waals surface area contributed by atoms with Gasteiger partial charge in [-0.05, 0) is 47.3 Å². The average molecular weight is 273 g/mol. The van der Waals surface area contributed by atoms with Gasteiger partial charge in [0.25, 0.3) is 0 Å². The summed E-state index contributed by atoms with van der Waals surface area (Å²) in [6.07, 6.45) is 1.92. The Hall–Kier alpha value is -1.30. The highest BCUT2D eigenvalue weighted by Crippen LogP contribution is 2.12. The zero-order valence-corrected chi connectivity index (χ0v) is 12.6. The van der Waals surface area contributed by atoms with Crippen LogP contribution in [0.25, 0.3) is 0 Å². The van der Waals surface area contributed by atoms with Crippen molar-refractivity contribution in [1.82, 2.24) is 15.5 Å². The Balaban J connectivity index is 4.31. The molecule has 112 valence electrons. The smallest absolute Gasteiger partial charge is 0.329 e. The molecule has 0 aliphatic carbocycles. The first-order valence-electron chi connectivity index (χ1n) is 6.68. The molecule has 0 saturated carbocycles. The van der Waals surface area contributed by atoms with Gasteiger partial charge in [0.1, 0.15) is 5.54 Å². The molecular formula is C13H27N3O3. The predicted octanol–water partition coefficient (Wildman–Crippen LogP) is 1.27. The van der Waals surface area contributed by atoms with Gasteiger partial charge < -0.3 is 20.6 Å². The molecule has 0 aromatic carbocycles. The van der Waals surface area contributed by atoms with E-state index in [4.69, 9.17) is 0 Å². The number of carboxylic acids is 1. The van der Waals surface area contributed by atoms with Gasteiger partial charge in [0.2, 0.25) is 0 Å². The number of nitrogens with zero attached hydrogens (tertiary/aromatic N) is 1. The van der Waals surface area contributed by atoms with E-state index in [-0.39, 0.29) is 6.04 Å². The van der Waals surface area contributed by atoms with Crippen molar-refractivity contribution < 1.29 is 14.7 Å². The highest BCUT2D eigenvalue weighted by molar-refractivity contribution is 5.85. The van der Waals surface area contributed by atoms with Crippen LogP contribution < -0.4 is 10.6 Å². The highest BCUT2D eigenvalue weighted by Gasteiger charge is 2.33. The SMILES string of the molecule is CCCC(C)(NC(=O)NC(C)CCN(C)C)C(=O)O. The van der Waals surface area contributed by atoms with Crippen LogP contribution in [0.3, 0.4) is 0 Å². The summed E-state index contributed by atoms with van der Waals surface area (Å²) in [5.41, 5.74) is -1.21. The maximum Gasteiger partial charge on any atom is 0.329 e. The number of carbonyl (C=O) groups is 2. The molecule has 3 N–H and O–H groups in total. The molecule has 6 heteroatoms. The fourth-order valence-electron chi connectivity index (χ4n) is 1.76. The van der Waals surface area contributed by atoms with E-state index in [1.807, 2.05) is 32.8 Å². The number of amides is 2. The zero-order valence-electron chi connectivity index (χ0n) is 12.6. The lowest BCUT2D eigenvalue weighted by Gasteiger charge is -2.27. The molecule has 0 spiro atoms. The van der Waals surface area contributed by atoms with Crippen LogP contribution in [0.2, 0.25) is 0 Å². The second-order valence-corrected chi connectivity index (χ2v) is 5.48. The lowest BCUT2D eigenvalue weighted by atomic mass is 9.96. The first kappa shape index (κ1) is 17.7. The number of rotatable bonds is 8. The third-order valence-electron chi connectivity index (χ3n) is 3.00. The number of nitrogens with one attached hydrogen (secondary N) is 2. The van der Waals surface area contributed by atoms with Crippen molar-refractivity contribution in [2.45, 2.75) is 51.6 Å². The Morgan fingerprint density at radius 2 is 1.95 bits per heavy atom. The Bertz CT molecular complexity index is 308. The largest absolute Gasteiger partial charge is 0.480 e. The van der Waals surface area contributed by atoms with E-state index in [0.29, 0.717) is 12.8 Å². The second-order valence-electron chi connectivity index (χ2n) is 5.48. The monoisotopic (exact) mass is 273 g/mol. The number of hydrogen-bond acceptors (Lipinski definition) is 3.